The van der Waals surface area contributed by atoms with Gasteiger partial charge in [-0.1, -0.05) is 26.8 Å². The fraction of sp³-hybridized carbons (Fsp3) is 0.632. The van der Waals surface area contributed by atoms with Crippen molar-refractivity contribution in [2.45, 2.75) is 66.3 Å². The minimum absolute atomic E-state index is 0.433. The number of rotatable bonds is 2. The molecule has 1 aromatic carbocycles. The Morgan fingerprint density at radius 2 is 1.55 bits per heavy atom. The summed E-state index contributed by atoms with van der Waals surface area (Å²) in [5, 5.41) is 7.59. The summed E-state index contributed by atoms with van der Waals surface area (Å²) in [5.41, 5.74) is 4.04. The predicted molar refractivity (Wildman–Crippen MR) is 100 cm³/mol. The van der Waals surface area contributed by atoms with E-state index in [1.54, 1.807) is 0 Å². The molecule has 0 aromatic heterocycles. The first-order chi connectivity index (χ1) is 10.2. The van der Waals surface area contributed by atoms with Gasteiger partial charge in [-0.3, -0.25) is 0 Å². The van der Waals surface area contributed by atoms with Crippen LogP contribution in [0.1, 0.15) is 57.6 Å². The molecule has 3 heteroatoms. The van der Waals surface area contributed by atoms with Gasteiger partial charge in [0.1, 0.15) is 0 Å². The average molecular weight is 319 g/mol. The third-order valence-corrected chi connectivity index (χ3v) is 4.99. The molecular weight excluding hydrogens is 288 g/mol. The molecule has 0 bridgehead atoms. The van der Waals surface area contributed by atoms with Crippen LogP contribution in [0.4, 0.5) is 5.69 Å². The van der Waals surface area contributed by atoms with E-state index in [2.05, 4.69) is 63.5 Å². The van der Waals surface area contributed by atoms with Gasteiger partial charge >= 0.3 is 0 Å². The lowest BCUT2D eigenvalue weighted by Crippen LogP contribution is -2.41. The molecular formula is C19H30N2S. The summed E-state index contributed by atoms with van der Waals surface area (Å²) in [6.45, 7) is 11.3. The Labute approximate surface area is 141 Å². The highest BCUT2D eigenvalue weighted by atomic mass is 32.1. The molecule has 122 valence electrons. The summed E-state index contributed by atoms with van der Waals surface area (Å²) in [6, 6.07) is 6.97. The van der Waals surface area contributed by atoms with E-state index in [0.29, 0.717) is 11.5 Å². The molecule has 1 saturated carbocycles. The van der Waals surface area contributed by atoms with Crippen LogP contribution >= 0.6 is 12.2 Å². The smallest absolute Gasteiger partial charge is 0.170 e. The van der Waals surface area contributed by atoms with E-state index in [9.17, 15) is 0 Å². The Morgan fingerprint density at radius 1 is 1.00 bits per heavy atom. The van der Waals surface area contributed by atoms with Gasteiger partial charge in [-0.15, -0.1) is 0 Å². The summed E-state index contributed by atoms with van der Waals surface area (Å²) < 4.78 is 0. The van der Waals surface area contributed by atoms with E-state index < -0.39 is 0 Å². The van der Waals surface area contributed by atoms with Crippen LogP contribution in [0.5, 0.6) is 0 Å². The van der Waals surface area contributed by atoms with E-state index >= 15 is 0 Å². The maximum atomic E-state index is 5.48. The zero-order valence-electron chi connectivity index (χ0n) is 14.6. The maximum Gasteiger partial charge on any atom is 0.170 e. The first-order valence-corrected chi connectivity index (χ1v) is 8.80. The van der Waals surface area contributed by atoms with Gasteiger partial charge in [-0.25, -0.2) is 0 Å². The molecule has 2 N–H and O–H groups in total. The van der Waals surface area contributed by atoms with Crippen molar-refractivity contribution >= 4 is 23.0 Å². The van der Waals surface area contributed by atoms with Crippen molar-refractivity contribution in [3.8, 4) is 0 Å². The molecule has 0 aliphatic heterocycles. The quantitative estimate of drug-likeness (QED) is 0.733. The fourth-order valence-corrected chi connectivity index (χ4v) is 3.79. The molecule has 0 saturated heterocycles. The van der Waals surface area contributed by atoms with Gasteiger partial charge in [-0.05, 0) is 86.3 Å². The van der Waals surface area contributed by atoms with Gasteiger partial charge in [0.25, 0.3) is 0 Å². The van der Waals surface area contributed by atoms with Crippen LogP contribution in [0.25, 0.3) is 0 Å². The van der Waals surface area contributed by atoms with Gasteiger partial charge in [-0.2, -0.15) is 0 Å². The van der Waals surface area contributed by atoms with Crippen molar-refractivity contribution in [2.75, 3.05) is 5.32 Å². The van der Waals surface area contributed by atoms with Gasteiger partial charge in [0.05, 0.1) is 0 Å². The SMILES string of the molecule is Cc1cc(C)cc(NC(=S)NC2CCC(C(C)(C)C)CC2)c1. The molecule has 22 heavy (non-hydrogen) atoms. The largest absolute Gasteiger partial charge is 0.360 e. The van der Waals surface area contributed by atoms with E-state index in [4.69, 9.17) is 12.2 Å². The molecule has 1 aliphatic carbocycles. The Bertz CT molecular complexity index is 502. The standard InChI is InChI=1S/C19H30N2S/c1-13-10-14(2)12-17(11-13)21-18(22)20-16-8-6-15(7-9-16)19(3,4)5/h10-12,15-16H,6-9H2,1-5H3,(H2,20,21,22). The van der Waals surface area contributed by atoms with Crippen LogP contribution in [0, 0.1) is 25.2 Å². The second-order valence-electron chi connectivity index (χ2n) is 7.89. The molecule has 0 radical (unpaired) electrons. The maximum absolute atomic E-state index is 5.48. The minimum Gasteiger partial charge on any atom is -0.360 e. The monoisotopic (exact) mass is 318 g/mol. The zero-order chi connectivity index (χ0) is 16.3. The average Bonchev–Trinajstić information content (AvgIpc) is 2.36. The Kier molecular flexibility index (Phi) is 5.49. The second-order valence-corrected chi connectivity index (χ2v) is 8.30. The van der Waals surface area contributed by atoms with Crippen LogP contribution in [0.15, 0.2) is 18.2 Å². The van der Waals surface area contributed by atoms with E-state index in [1.807, 2.05) is 0 Å². The Balaban J connectivity index is 1.83. The minimum atomic E-state index is 0.433. The van der Waals surface area contributed by atoms with Crippen LogP contribution in [-0.4, -0.2) is 11.2 Å². The number of hydrogen-bond donors (Lipinski definition) is 2. The van der Waals surface area contributed by atoms with Crippen molar-refractivity contribution in [1.82, 2.24) is 5.32 Å². The zero-order valence-corrected chi connectivity index (χ0v) is 15.4. The van der Waals surface area contributed by atoms with E-state index in [1.165, 1.54) is 36.8 Å². The van der Waals surface area contributed by atoms with Crippen LogP contribution < -0.4 is 10.6 Å². The number of anilines is 1. The van der Waals surface area contributed by atoms with Crippen molar-refractivity contribution < 1.29 is 0 Å². The van der Waals surface area contributed by atoms with E-state index in [-0.39, 0.29) is 0 Å². The lowest BCUT2D eigenvalue weighted by Gasteiger charge is -2.37. The highest BCUT2D eigenvalue weighted by molar-refractivity contribution is 7.80. The Morgan fingerprint density at radius 3 is 2.05 bits per heavy atom. The topological polar surface area (TPSA) is 24.1 Å². The molecule has 1 aliphatic rings. The molecule has 0 unspecified atom stereocenters. The summed E-state index contributed by atoms with van der Waals surface area (Å²) in [4.78, 5) is 0. The van der Waals surface area contributed by atoms with Crippen molar-refractivity contribution in [3.05, 3.63) is 29.3 Å². The molecule has 1 fully saturated rings. The van der Waals surface area contributed by atoms with Gasteiger partial charge in [0, 0.05) is 11.7 Å². The molecule has 0 spiro atoms. The summed E-state index contributed by atoms with van der Waals surface area (Å²) in [6.07, 6.45) is 5.04. The fourth-order valence-electron chi connectivity index (χ4n) is 3.50. The number of nitrogens with one attached hydrogen (secondary N) is 2. The van der Waals surface area contributed by atoms with Crippen LogP contribution in [-0.2, 0) is 0 Å². The molecule has 0 atom stereocenters. The highest BCUT2D eigenvalue weighted by Crippen LogP contribution is 2.37. The van der Waals surface area contributed by atoms with E-state index in [0.717, 1.165) is 16.7 Å². The predicted octanol–water partition coefficient (Wildman–Crippen LogP) is 5.19. The second kappa shape index (κ2) is 6.99. The molecule has 0 amide bonds. The summed E-state index contributed by atoms with van der Waals surface area (Å²) >= 11 is 5.48. The molecule has 2 nitrogen and oxygen atoms in total. The first-order valence-electron chi connectivity index (χ1n) is 8.40. The summed E-state index contributed by atoms with van der Waals surface area (Å²) in [5.74, 6) is 0.839. The number of benzene rings is 1. The number of aryl methyl sites for hydroxylation is 2. The summed E-state index contributed by atoms with van der Waals surface area (Å²) in [7, 11) is 0. The molecule has 1 aromatic rings. The van der Waals surface area contributed by atoms with Crippen LogP contribution in [0.2, 0.25) is 0 Å². The molecule has 0 heterocycles. The van der Waals surface area contributed by atoms with Crippen molar-refractivity contribution in [1.29, 1.82) is 0 Å². The van der Waals surface area contributed by atoms with Gasteiger partial charge < -0.3 is 10.6 Å². The highest BCUT2D eigenvalue weighted by Gasteiger charge is 2.29. The molecule has 2 rings (SSSR count). The number of thiocarbonyl (C=S) groups is 1. The Hall–Kier alpha value is -1.09. The van der Waals surface area contributed by atoms with Crippen LogP contribution in [0.3, 0.4) is 0 Å². The van der Waals surface area contributed by atoms with Gasteiger partial charge in [0.2, 0.25) is 0 Å². The third-order valence-electron chi connectivity index (χ3n) is 4.77. The first kappa shape index (κ1) is 17.3. The van der Waals surface area contributed by atoms with Crippen molar-refractivity contribution in [3.63, 3.8) is 0 Å². The third kappa shape index (κ3) is 4.98. The normalized spacial score (nSPS) is 22.2. The van der Waals surface area contributed by atoms with Gasteiger partial charge in [0.15, 0.2) is 5.11 Å². The lowest BCUT2D eigenvalue weighted by atomic mass is 9.71. The van der Waals surface area contributed by atoms with Crippen molar-refractivity contribution in [2.24, 2.45) is 11.3 Å². The lowest BCUT2D eigenvalue weighted by molar-refractivity contribution is 0.166. The number of hydrogen-bond acceptors (Lipinski definition) is 1.